The summed E-state index contributed by atoms with van der Waals surface area (Å²) in [7, 11) is 0. The lowest BCUT2D eigenvalue weighted by Gasteiger charge is -2.36. The highest BCUT2D eigenvalue weighted by molar-refractivity contribution is 5.49. The van der Waals surface area contributed by atoms with E-state index in [1.807, 2.05) is 0 Å². The van der Waals surface area contributed by atoms with Gasteiger partial charge in [0.05, 0.1) is 6.20 Å². The van der Waals surface area contributed by atoms with Crippen molar-refractivity contribution in [2.24, 2.45) is 0 Å². The molecule has 0 amide bonds. The first-order valence-corrected chi connectivity index (χ1v) is 8.35. The Labute approximate surface area is 137 Å². The molecule has 6 nitrogen and oxygen atoms in total. The molecule has 0 saturated carbocycles. The molecular formula is C17H24N6. The van der Waals surface area contributed by atoms with Gasteiger partial charge >= 0.3 is 0 Å². The first-order valence-electron chi connectivity index (χ1n) is 8.35. The van der Waals surface area contributed by atoms with Crippen LogP contribution < -0.4 is 15.1 Å². The van der Waals surface area contributed by atoms with Gasteiger partial charge in [-0.15, -0.1) is 5.10 Å². The maximum atomic E-state index is 4.59. The van der Waals surface area contributed by atoms with Crippen LogP contribution in [0.15, 0.2) is 36.5 Å². The Morgan fingerprint density at radius 1 is 1.04 bits per heavy atom. The third kappa shape index (κ3) is 4.09. The van der Waals surface area contributed by atoms with E-state index in [-0.39, 0.29) is 0 Å². The van der Waals surface area contributed by atoms with Gasteiger partial charge in [-0.05, 0) is 18.6 Å². The molecule has 6 heteroatoms. The highest BCUT2D eigenvalue weighted by atomic mass is 15.3. The molecule has 122 valence electrons. The number of hydrogen-bond donors (Lipinski definition) is 1. The molecule has 0 radical (unpaired) electrons. The van der Waals surface area contributed by atoms with Crippen LogP contribution in [0, 0.1) is 0 Å². The van der Waals surface area contributed by atoms with Gasteiger partial charge in [-0.2, -0.15) is 10.1 Å². The standard InChI is InChI=1S/C17H24N6/c1-2-3-9-18-17-20-16(14-19-21-17)23-12-10-22(11-13-23)15-7-5-4-6-8-15/h4-8,14H,2-3,9-13H2,1H3,(H,18,20,21). The largest absolute Gasteiger partial charge is 0.368 e. The lowest BCUT2D eigenvalue weighted by Crippen LogP contribution is -2.46. The molecule has 2 heterocycles. The van der Waals surface area contributed by atoms with Crippen LogP contribution in [0.4, 0.5) is 17.5 Å². The Hall–Kier alpha value is -2.37. The summed E-state index contributed by atoms with van der Waals surface area (Å²) in [4.78, 5) is 9.27. The number of nitrogens with zero attached hydrogens (tertiary/aromatic N) is 5. The van der Waals surface area contributed by atoms with Gasteiger partial charge in [0, 0.05) is 38.4 Å². The molecule has 1 aliphatic rings. The summed E-state index contributed by atoms with van der Waals surface area (Å²) in [6, 6.07) is 10.6. The number of nitrogens with one attached hydrogen (secondary N) is 1. The number of para-hydroxylation sites is 1. The number of benzene rings is 1. The highest BCUT2D eigenvalue weighted by Gasteiger charge is 2.18. The lowest BCUT2D eigenvalue weighted by molar-refractivity contribution is 0.644. The minimum atomic E-state index is 0.626. The van der Waals surface area contributed by atoms with E-state index in [1.54, 1.807) is 6.20 Å². The Morgan fingerprint density at radius 2 is 1.78 bits per heavy atom. The van der Waals surface area contributed by atoms with E-state index < -0.39 is 0 Å². The molecule has 1 fully saturated rings. The third-order valence-electron chi connectivity index (χ3n) is 4.08. The van der Waals surface area contributed by atoms with Crippen LogP contribution in [0.25, 0.3) is 0 Å². The molecule has 0 bridgehead atoms. The van der Waals surface area contributed by atoms with Gasteiger partial charge in [0.2, 0.25) is 5.95 Å². The molecule has 1 aromatic carbocycles. The number of anilines is 3. The van der Waals surface area contributed by atoms with Crippen molar-refractivity contribution in [3.8, 4) is 0 Å². The predicted molar refractivity (Wildman–Crippen MR) is 94.1 cm³/mol. The molecule has 1 N–H and O–H groups in total. The van der Waals surface area contributed by atoms with Crippen molar-refractivity contribution in [1.29, 1.82) is 0 Å². The Kier molecular flexibility index (Phi) is 5.24. The van der Waals surface area contributed by atoms with Gasteiger partial charge in [-0.25, -0.2) is 0 Å². The monoisotopic (exact) mass is 312 g/mol. The van der Waals surface area contributed by atoms with E-state index in [1.165, 1.54) is 5.69 Å². The maximum Gasteiger partial charge on any atom is 0.244 e. The van der Waals surface area contributed by atoms with Crippen LogP contribution in [-0.4, -0.2) is 47.9 Å². The SMILES string of the molecule is CCCCNc1nncc(N2CCN(c3ccccc3)CC2)n1. The number of unbranched alkanes of at least 4 members (excludes halogenated alkanes) is 1. The molecule has 1 aromatic heterocycles. The van der Waals surface area contributed by atoms with Crippen molar-refractivity contribution in [2.45, 2.75) is 19.8 Å². The molecule has 1 aliphatic heterocycles. The zero-order valence-corrected chi connectivity index (χ0v) is 13.6. The summed E-state index contributed by atoms with van der Waals surface area (Å²) in [5, 5.41) is 11.4. The molecule has 2 aromatic rings. The number of hydrogen-bond acceptors (Lipinski definition) is 6. The van der Waals surface area contributed by atoms with Gasteiger partial charge in [0.15, 0.2) is 5.82 Å². The Morgan fingerprint density at radius 3 is 2.52 bits per heavy atom. The second-order valence-electron chi connectivity index (χ2n) is 5.73. The fourth-order valence-corrected chi connectivity index (χ4v) is 2.73. The van der Waals surface area contributed by atoms with Crippen molar-refractivity contribution in [1.82, 2.24) is 15.2 Å². The third-order valence-corrected chi connectivity index (χ3v) is 4.08. The molecule has 0 spiro atoms. The first kappa shape index (κ1) is 15.5. The average Bonchev–Trinajstić information content (AvgIpc) is 2.63. The zero-order valence-electron chi connectivity index (χ0n) is 13.6. The Bertz CT molecular complexity index is 595. The quantitative estimate of drug-likeness (QED) is 0.827. The van der Waals surface area contributed by atoms with Crippen molar-refractivity contribution < 1.29 is 0 Å². The molecule has 1 saturated heterocycles. The van der Waals surface area contributed by atoms with Crippen LogP contribution >= 0.6 is 0 Å². The molecular weight excluding hydrogens is 288 g/mol. The fourth-order valence-electron chi connectivity index (χ4n) is 2.73. The van der Waals surface area contributed by atoms with Gasteiger partial charge in [-0.3, -0.25) is 0 Å². The molecule has 23 heavy (non-hydrogen) atoms. The van der Waals surface area contributed by atoms with Gasteiger partial charge in [0.25, 0.3) is 0 Å². The van der Waals surface area contributed by atoms with Crippen molar-refractivity contribution in [3.05, 3.63) is 36.5 Å². The number of piperazine rings is 1. The predicted octanol–water partition coefficient (Wildman–Crippen LogP) is 2.41. The van der Waals surface area contributed by atoms with Crippen molar-refractivity contribution in [3.63, 3.8) is 0 Å². The Balaban J connectivity index is 1.58. The van der Waals surface area contributed by atoms with E-state index in [4.69, 9.17) is 0 Å². The normalized spacial score (nSPS) is 14.8. The lowest BCUT2D eigenvalue weighted by atomic mass is 10.2. The molecule has 0 aliphatic carbocycles. The van der Waals surface area contributed by atoms with E-state index in [0.717, 1.165) is 51.4 Å². The summed E-state index contributed by atoms with van der Waals surface area (Å²) >= 11 is 0. The highest BCUT2D eigenvalue weighted by Crippen LogP contribution is 2.18. The van der Waals surface area contributed by atoms with Gasteiger partial charge in [0.1, 0.15) is 0 Å². The minimum absolute atomic E-state index is 0.626. The summed E-state index contributed by atoms with van der Waals surface area (Å²) in [5.74, 6) is 1.54. The fraction of sp³-hybridized carbons (Fsp3) is 0.471. The van der Waals surface area contributed by atoms with Crippen LogP contribution in [0.2, 0.25) is 0 Å². The van der Waals surface area contributed by atoms with E-state index in [0.29, 0.717) is 5.95 Å². The van der Waals surface area contributed by atoms with E-state index >= 15 is 0 Å². The van der Waals surface area contributed by atoms with Crippen LogP contribution in [0.3, 0.4) is 0 Å². The topological polar surface area (TPSA) is 57.2 Å². The van der Waals surface area contributed by atoms with Gasteiger partial charge < -0.3 is 15.1 Å². The first-order chi connectivity index (χ1) is 11.4. The zero-order chi connectivity index (χ0) is 15.9. The van der Waals surface area contributed by atoms with Crippen molar-refractivity contribution in [2.75, 3.05) is 47.8 Å². The molecule has 0 unspecified atom stereocenters. The average molecular weight is 312 g/mol. The summed E-state index contributed by atoms with van der Waals surface area (Å²) in [5.41, 5.74) is 1.29. The van der Waals surface area contributed by atoms with Crippen LogP contribution in [-0.2, 0) is 0 Å². The molecule has 0 atom stereocenters. The van der Waals surface area contributed by atoms with Crippen LogP contribution in [0.5, 0.6) is 0 Å². The minimum Gasteiger partial charge on any atom is -0.368 e. The number of rotatable bonds is 6. The smallest absolute Gasteiger partial charge is 0.244 e. The summed E-state index contributed by atoms with van der Waals surface area (Å²) < 4.78 is 0. The summed E-state index contributed by atoms with van der Waals surface area (Å²) in [6.45, 7) is 6.94. The second kappa shape index (κ2) is 7.76. The second-order valence-corrected chi connectivity index (χ2v) is 5.73. The van der Waals surface area contributed by atoms with Crippen LogP contribution in [0.1, 0.15) is 19.8 Å². The van der Waals surface area contributed by atoms with Crippen molar-refractivity contribution >= 4 is 17.5 Å². The van der Waals surface area contributed by atoms with E-state index in [9.17, 15) is 0 Å². The van der Waals surface area contributed by atoms with Gasteiger partial charge in [-0.1, -0.05) is 31.5 Å². The van der Waals surface area contributed by atoms with E-state index in [2.05, 4.69) is 67.6 Å². The number of aromatic nitrogens is 3. The molecule has 3 rings (SSSR count). The summed E-state index contributed by atoms with van der Waals surface area (Å²) in [6.07, 6.45) is 4.02. The maximum absolute atomic E-state index is 4.59.